The fourth-order valence-electron chi connectivity index (χ4n) is 1.31. The minimum atomic E-state index is 0.160. The van der Waals surface area contributed by atoms with E-state index in [1.54, 1.807) is 0 Å². The molecule has 2 N–H and O–H groups in total. The Balaban J connectivity index is 2.48. The molecule has 84 valence electrons. The lowest BCUT2D eigenvalue weighted by atomic mass is 10.3. The molecular weight excluding hydrogens is 190 g/mol. The molecular formula is C12H19NO2. The van der Waals surface area contributed by atoms with Gasteiger partial charge in [0.25, 0.3) is 0 Å². The zero-order valence-electron chi connectivity index (χ0n) is 9.40. The maximum Gasteiger partial charge on any atom is 0.119 e. The molecule has 0 heterocycles. The topological polar surface area (TPSA) is 44.5 Å². The molecule has 0 saturated heterocycles. The lowest BCUT2D eigenvalue weighted by molar-refractivity contribution is 0.213. The summed E-state index contributed by atoms with van der Waals surface area (Å²) in [6.07, 6.45) is 1.03. The van der Waals surface area contributed by atoms with Crippen LogP contribution in [-0.2, 0) is 0 Å². The number of rotatable bonds is 6. The van der Waals surface area contributed by atoms with Crippen LogP contribution in [0.4, 0.5) is 0 Å². The van der Waals surface area contributed by atoms with Crippen LogP contribution in [0, 0.1) is 0 Å². The van der Waals surface area contributed by atoms with Crippen molar-refractivity contribution in [3.05, 3.63) is 24.3 Å². The van der Waals surface area contributed by atoms with Crippen LogP contribution in [0.15, 0.2) is 24.3 Å². The quantitative estimate of drug-likeness (QED) is 0.781. The highest BCUT2D eigenvalue weighted by atomic mass is 16.5. The maximum absolute atomic E-state index is 5.65. The zero-order chi connectivity index (χ0) is 11.1. The van der Waals surface area contributed by atoms with E-state index in [0.717, 1.165) is 17.9 Å². The molecule has 0 aromatic heterocycles. The minimum Gasteiger partial charge on any atom is -0.494 e. The molecule has 1 aromatic rings. The number of hydrogen-bond donors (Lipinski definition) is 1. The van der Waals surface area contributed by atoms with E-state index in [2.05, 4.69) is 0 Å². The molecule has 15 heavy (non-hydrogen) atoms. The summed E-state index contributed by atoms with van der Waals surface area (Å²) < 4.78 is 11.0. The van der Waals surface area contributed by atoms with E-state index < -0.39 is 0 Å². The SMILES string of the molecule is CCOc1ccc(OC(C)CCN)cc1. The maximum atomic E-state index is 5.65. The number of hydrogen-bond acceptors (Lipinski definition) is 3. The Bertz CT molecular complexity index is 271. The van der Waals surface area contributed by atoms with Crippen molar-refractivity contribution < 1.29 is 9.47 Å². The van der Waals surface area contributed by atoms with Gasteiger partial charge in [-0.3, -0.25) is 0 Å². The Morgan fingerprint density at radius 1 is 1.20 bits per heavy atom. The first kappa shape index (κ1) is 11.9. The summed E-state index contributed by atoms with van der Waals surface area (Å²) in [6.45, 7) is 5.32. The van der Waals surface area contributed by atoms with Gasteiger partial charge in [0.1, 0.15) is 11.5 Å². The van der Waals surface area contributed by atoms with Crippen LogP contribution in [0.2, 0.25) is 0 Å². The summed E-state index contributed by atoms with van der Waals surface area (Å²) in [5, 5.41) is 0. The van der Waals surface area contributed by atoms with E-state index in [1.807, 2.05) is 38.1 Å². The average Bonchev–Trinajstić information content (AvgIpc) is 2.22. The van der Waals surface area contributed by atoms with Crippen molar-refractivity contribution in [3.8, 4) is 11.5 Å². The molecule has 0 aliphatic carbocycles. The van der Waals surface area contributed by atoms with E-state index in [9.17, 15) is 0 Å². The molecule has 0 fully saturated rings. The highest BCUT2D eigenvalue weighted by molar-refractivity contribution is 5.31. The number of benzene rings is 1. The lowest BCUT2D eigenvalue weighted by Gasteiger charge is -2.13. The fourth-order valence-corrected chi connectivity index (χ4v) is 1.31. The molecule has 1 atom stereocenters. The molecule has 0 aliphatic rings. The van der Waals surface area contributed by atoms with Gasteiger partial charge in [0.15, 0.2) is 0 Å². The first-order valence-electron chi connectivity index (χ1n) is 5.35. The van der Waals surface area contributed by atoms with E-state index in [4.69, 9.17) is 15.2 Å². The molecule has 1 rings (SSSR count). The Kier molecular flexibility index (Phi) is 4.98. The second-order valence-electron chi connectivity index (χ2n) is 3.41. The minimum absolute atomic E-state index is 0.160. The molecule has 0 amide bonds. The number of ether oxygens (including phenoxy) is 2. The van der Waals surface area contributed by atoms with Gasteiger partial charge in [0.2, 0.25) is 0 Å². The van der Waals surface area contributed by atoms with Crippen LogP contribution in [0.5, 0.6) is 11.5 Å². The third-order valence-electron chi connectivity index (χ3n) is 2.05. The summed E-state index contributed by atoms with van der Waals surface area (Å²) in [6, 6.07) is 7.65. The van der Waals surface area contributed by atoms with Gasteiger partial charge < -0.3 is 15.2 Å². The van der Waals surface area contributed by atoms with Gasteiger partial charge in [-0.1, -0.05) is 0 Å². The second kappa shape index (κ2) is 6.30. The van der Waals surface area contributed by atoms with Crippen LogP contribution in [0.25, 0.3) is 0 Å². The van der Waals surface area contributed by atoms with Gasteiger partial charge in [0, 0.05) is 0 Å². The summed E-state index contributed by atoms with van der Waals surface area (Å²) in [5.74, 6) is 1.73. The van der Waals surface area contributed by atoms with Crippen molar-refractivity contribution in [2.45, 2.75) is 26.4 Å². The van der Waals surface area contributed by atoms with Gasteiger partial charge >= 0.3 is 0 Å². The molecule has 0 spiro atoms. The standard InChI is InChI=1S/C12H19NO2/c1-3-14-11-4-6-12(7-5-11)15-10(2)8-9-13/h4-7,10H,3,8-9,13H2,1-2H3. The number of nitrogens with two attached hydrogens (primary N) is 1. The highest BCUT2D eigenvalue weighted by Crippen LogP contribution is 2.18. The van der Waals surface area contributed by atoms with Crippen LogP contribution in [0.1, 0.15) is 20.3 Å². The first-order valence-corrected chi connectivity index (χ1v) is 5.35. The van der Waals surface area contributed by atoms with Crippen molar-refractivity contribution in [2.24, 2.45) is 5.73 Å². The van der Waals surface area contributed by atoms with Crippen LogP contribution in [0.3, 0.4) is 0 Å². The van der Waals surface area contributed by atoms with Gasteiger partial charge in [-0.2, -0.15) is 0 Å². The molecule has 0 aliphatic heterocycles. The Hall–Kier alpha value is -1.22. The van der Waals surface area contributed by atoms with E-state index in [-0.39, 0.29) is 6.10 Å². The summed E-state index contributed by atoms with van der Waals surface area (Å²) >= 11 is 0. The highest BCUT2D eigenvalue weighted by Gasteiger charge is 2.02. The van der Waals surface area contributed by atoms with Crippen LogP contribution < -0.4 is 15.2 Å². The predicted molar refractivity (Wildman–Crippen MR) is 61.4 cm³/mol. The smallest absolute Gasteiger partial charge is 0.119 e. The Morgan fingerprint density at radius 2 is 1.80 bits per heavy atom. The van der Waals surface area contributed by atoms with Crippen molar-refractivity contribution in [2.75, 3.05) is 13.2 Å². The molecule has 3 nitrogen and oxygen atoms in total. The molecule has 1 aromatic carbocycles. The third-order valence-corrected chi connectivity index (χ3v) is 2.05. The summed E-state index contributed by atoms with van der Waals surface area (Å²) in [4.78, 5) is 0. The largest absolute Gasteiger partial charge is 0.494 e. The molecule has 0 bridgehead atoms. The predicted octanol–water partition coefficient (Wildman–Crippen LogP) is 2.20. The van der Waals surface area contributed by atoms with Gasteiger partial charge in [0.05, 0.1) is 12.7 Å². The summed E-state index contributed by atoms with van der Waals surface area (Å²) in [5.41, 5.74) is 5.45. The Labute approximate surface area is 91.2 Å². The normalized spacial score (nSPS) is 12.2. The van der Waals surface area contributed by atoms with Gasteiger partial charge in [-0.05, 0) is 51.1 Å². The van der Waals surface area contributed by atoms with Crippen molar-refractivity contribution in [1.82, 2.24) is 0 Å². The van der Waals surface area contributed by atoms with Gasteiger partial charge in [-0.15, -0.1) is 0 Å². The molecule has 0 saturated carbocycles. The molecule has 1 unspecified atom stereocenters. The monoisotopic (exact) mass is 209 g/mol. The lowest BCUT2D eigenvalue weighted by Crippen LogP contribution is -2.16. The first-order chi connectivity index (χ1) is 7.26. The second-order valence-corrected chi connectivity index (χ2v) is 3.41. The van der Waals surface area contributed by atoms with Crippen molar-refractivity contribution in [1.29, 1.82) is 0 Å². The van der Waals surface area contributed by atoms with E-state index in [1.165, 1.54) is 0 Å². The van der Waals surface area contributed by atoms with Crippen LogP contribution >= 0.6 is 0 Å². The zero-order valence-corrected chi connectivity index (χ0v) is 9.40. The van der Waals surface area contributed by atoms with Gasteiger partial charge in [-0.25, -0.2) is 0 Å². The fraction of sp³-hybridized carbons (Fsp3) is 0.500. The van der Waals surface area contributed by atoms with E-state index in [0.29, 0.717) is 13.2 Å². The van der Waals surface area contributed by atoms with Crippen molar-refractivity contribution in [3.63, 3.8) is 0 Å². The van der Waals surface area contributed by atoms with E-state index >= 15 is 0 Å². The molecule has 0 radical (unpaired) electrons. The van der Waals surface area contributed by atoms with Crippen LogP contribution in [-0.4, -0.2) is 19.3 Å². The third kappa shape index (κ3) is 4.21. The average molecular weight is 209 g/mol. The Morgan fingerprint density at radius 3 is 2.33 bits per heavy atom. The molecule has 3 heteroatoms. The van der Waals surface area contributed by atoms with Crippen molar-refractivity contribution >= 4 is 0 Å². The summed E-state index contributed by atoms with van der Waals surface area (Å²) in [7, 11) is 0.